The zero-order valence-corrected chi connectivity index (χ0v) is 14.5. The Kier molecular flexibility index (Phi) is 5.33. The molecule has 1 aromatic carbocycles. The number of nitrogens with zero attached hydrogens (tertiary/aromatic N) is 4. The number of aromatic nitrogens is 2. The molecule has 132 valence electrons. The van der Waals surface area contributed by atoms with E-state index in [1.54, 1.807) is 6.07 Å². The first kappa shape index (κ1) is 17.0. The van der Waals surface area contributed by atoms with Crippen LogP contribution < -0.4 is 14.5 Å². The first-order chi connectivity index (χ1) is 12.2. The second-order valence-corrected chi connectivity index (χ2v) is 5.82. The van der Waals surface area contributed by atoms with E-state index in [9.17, 15) is 4.79 Å². The number of carbonyl (C=O) groups is 1. The van der Waals surface area contributed by atoms with Gasteiger partial charge in [-0.05, 0) is 19.1 Å². The van der Waals surface area contributed by atoms with Crippen molar-refractivity contribution in [2.45, 2.75) is 6.92 Å². The van der Waals surface area contributed by atoms with Gasteiger partial charge in [-0.3, -0.25) is 0 Å². The average molecular weight is 342 g/mol. The number of benzene rings is 1. The Labute approximate surface area is 147 Å². The lowest BCUT2D eigenvalue weighted by Crippen LogP contribution is -2.47. The summed E-state index contributed by atoms with van der Waals surface area (Å²) in [5.41, 5.74) is 2.03. The third-order valence-corrected chi connectivity index (χ3v) is 4.07. The van der Waals surface area contributed by atoms with Crippen molar-refractivity contribution in [2.24, 2.45) is 0 Å². The van der Waals surface area contributed by atoms with Gasteiger partial charge in [0, 0.05) is 43.6 Å². The van der Waals surface area contributed by atoms with Crippen LogP contribution >= 0.6 is 0 Å². The fourth-order valence-corrected chi connectivity index (χ4v) is 2.74. The van der Waals surface area contributed by atoms with Crippen LogP contribution in [0.15, 0.2) is 36.4 Å². The molecule has 1 fully saturated rings. The fraction of sp³-hybridized carbons (Fsp3) is 0.389. The second-order valence-electron chi connectivity index (χ2n) is 5.82. The highest BCUT2D eigenvalue weighted by Gasteiger charge is 2.20. The molecule has 1 aliphatic rings. The lowest BCUT2D eigenvalue weighted by molar-refractivity contribution is -0.143. The molecule has 7 heteroatoms. The minimum Gasteiger partial charge on any atom is -0.466 e. The molecular formula is C18H22N4O3. The number of methoxy groups -OCH3 is 1. The van der Waals surface area contributed by atoms with E-state index < -0.39 is 5.97 Å². The van der Waals surface area contributed by atoms with Crippen molar-refractivity contribution in [2.75, 3.05) is 49.7 Å². The molecule has 0 spiro atoms. The van der Waals surface area contributed by atoms with Gasteiger partial charge < -0.3 is 19.3 Å². The largest absolute Gasteiger partial charge is 0.466 e. The lowest BCUT2D eigenvalue weighted by atomic mass is 10.2. The minimum absolute atomic E-state index is 0.159. The van der Waals surface area contributed by atoms with Crippen molar-refractivity contribution in [3.8, 4) is 5.88 Å². The Morgan fingerprint density at radius 1 is 1.08 bits per heavy atom. The van der Waals surface area contributed by atoms with Gasteiger partial charge in [-0.15, -0.1) is 0 Å². The normalized spacial score (nSPS) is 14.3. The molecule has 1 aliphatic heterocycles. The molecule has 0 N–H and O–H groups in total. The van der Waals surface area contributed by atoms with Gasteiger partial charge in [0.05, 0.1) is 7.11 Å². The van der Waals surface area contributed by atoms with Crippen LogP contribution in [-0.2, 0) is 9.53 Å². The molecule has 3 rings (SSSR count). The average Bonchev–Trinajstić information content (AvgIpc) is 2.66. The van der Waals surface area contributed by atoms with Gasteiger partial charge in [0.1, 0.15) is 0 Å². The number of esters is 1. The molecule has 0 atom stereocenters. The summed E-state index contributed by atoms with van der Waals surface area (Å²) in [6.45, 7) is 5.19. The summed E-state index contributed by atoms with van der Waals surface area (Å²) in [6.07, 6.45) is 0. The summed E-state index contributed by atoms with van der Waals surface area (Å²) in [7, 11) is 1.33. The summed E-state index contributed by atoms with van der Waals surface area (Å²) in [4.78, 5) is 24.6. The van der Waals surface area contributed by atoms with Crippen LogP contribution in [0.25, 0.3) is 0 Å². The standard InChI is InChI=1S/C18H22N4O3/c1-14-12-16(25-13-17(23)24-2)20-18(19-14)22-10-8-21(9-11-22)15-6-4-3-5-7-15/h3-7,12H,8-11,13H2,1-2H3. The molecule has 0 unspecified atom stereocenters. The number of hydrogen-bond donors (Lipinski definition) is 0. The summed E-state index contributed by atoms with van der Waals surface area (Å²) < 4.78 is 9.98. The molecule has 1 aromatic heterocycles. The number of rotatable bonds is 5. The van der Waals surface area contributed by atoms with Gasteiger partial charge in [0.25, 0.3) is 0 Å². The van der Waals surface area contributed by atoms with Crippen LogP contribution in [0.3, 0.4) is 0 Å². The number of piperazine rings is 1. The topological polar surface area (TPSA) is 67.8 Å². The van der Waals surface area contributed by atoms with Crippen LogP contribution in [0, 0.1) is 6.92 Å². The van der Waals surface area contributed by atoms with E-state index in [1.165, 1.54) is 12.8 Å². The van der Waals surface area contributed by atoms with Gasteiger partial charge in [-0.1, -0.05) is 18.2 Å². The summed E-state index contributed by atoms with van der Waals surface area (Å²) in [5, 5.41) is 0. The molecule has 0 saturated carbocycles. The molecule has 7 nitrogen and oxygen atoms in total. The van der Waals surface area contributed by atoms with Crippen molar-refractivity contribution >= 4 is 17.6 Å². The number of carbonyl (C=O) groups excluding carboxylic acids is 1. The number of hydrogen-bond acceptors (Lipinski definition) is 7. The second kappa shape index (κ2) is 7.83. The SMILES string of the molecule is COC(=O)COc1cc(C)nc(N2CCN(c3ccccc3)CC2)n1. The first-order valence-electron chi connectivity index (χ1n) is 8.26. The van der Waals surface area contributed by atoms with Crippen molar-refractivity contribution < 1.29 is 14.3 Å². The Bertz CT molecular complexity index is 716. The molecule has 0 amide bonds. The molecule has 0 radical (unpaired) electrons. The maximum atomic E-state index is 11.2. The van der Waals surface area contributed by atoms with Crippen molar-refractivity contribution in [3.63, 3.8) is 0 Å². The number of para-hydroxylation sites is 1. The number of ether oxygens (including phenoxy) is 2. The van der Waals surface area contributed by atoms with Crippen LogP contribution in [0.5, 0.6) is 5.88 Å². The molecule has 2 heterocycles. The summed E-state index contributed by atoms with van der Waals surface area (Å²) >= 11 is 0. The first-order valence-corrected chi connectivity index (χ1v) is 8.26. The van der Waals surface area contributed by atoms with Gasteiger partial charge in [0.15, 0.2) is 6.61 Å². The third kappa shape index (κ3) is 4.37. The van der Waals surface area contributed by atoms with Gasteiger partial charge in [0.2, 0.25) is 11.8 Å². The monoisotopic (exact) mass is 342 g/mol. The highest BCUT2D eigenvalue weighted by molar-refractivity contribution is 5.70. The highest BCUT2D eigenvalue weighted by atomic mass is 16.6. The predicted molar refractivity (Wildman–Crippen MR) is 95.1 cm³/mol. The maximum absolute atomic E-state index is 11.2. The van der Waals surface area contributed by atoms with Crippen LogP contribution in [0.1, 0.15) is 5.69 Å². The molecule has 25 heavy (non-hydrogen) atoms. The zero-order chi connectivity index (χ0) is 17.6. The van der Waals surface area contributed by atoms with Crippen LogP contribution in [-0.4, -0.2) is 55.8 Å². The molecule has 0 aliphatic carbocycles. The van der Waals surface area contributed by atoms with Crippen molar-refractivity contribution in [3.05, 3.63) is 42.1 Å². The zero-order valence-electron chi connectivity index (χ0n) is 14.5. The van der Waals surface area contributed by atoms with Crippen molar-refractivity contribution in [1.29, 1.82) is 0 Å². The number of anilines is 2. The smallest absolute Gasteiger partial charge is 0.343 e. The molecular weight excluding hydrogens is 320 g/mol. The summed E-state index contributed by atoms with van der Waals surface area (Å²) in [6, 6.07) is 12.1. The van der Waals surface area contributed by atoms with E-state index in [-0.39, 0.29) is 6.61 Å². The van der Waals surface area contributed by atoms with Crippen LogP contribution in [0.2, 0.25) is 0 Å². The maximum Gasteiger partial charge on any atom is 0.343 e. The minimum atomic E-state index is -0.436. The van der Waals surface area contributed by atoms with E-state index in [0.717, 1.165) is 31.9 Å². The summed E-state index contributed by atoms with van der Waals surface area (Å²) in [5.74, 6) is 0.584. The third-order valence-electron chi connectivity index (χ3n) is 4.07. The van der Waals surface area contributed by atoms with Gasteiger partial charge in [-0.25, -0.2) is 9.78 Å². The van der Waals surface area contributed by atoms with E-state index in [0.29, 0.717) is 11.8 Å². The van der Waals surface area contributed by atoms with E-state index in [2.05, 4.69) is 48.8 Å². The fourth-order valence-electron chi connectivity index (χ4n) is 2.74. The Morgan fingerprint density at radius 3 is 2.44 bits per heavy atom. The Morgan fingerprint density at radius 2 is 1.76 bits per heavy atom. The van der Waals surface area contributed by atoms with Gasteiger partial charge in [-0.2, -0.15) is 4.98 Å². The van der Waals surface area contributed by atoms with E-state index in [1.807, 2.05) is 13.0 Å². The quantitative estimate of drug-likeness (QED) is 0.766. The molecule has 1 saturated heterocycles. The Hall–Kier alpha value is -2.83. The van der Waals surface area contributed by atoms with E-state index >= 15 is 0 Å². The molecule has 2 aromatic rings. The highest BCUT2D eigenvalue weighted by Crippen LogP contribution is 2.20. The van der Waals surface area contributed by atoms with Crippen molar-refractivity contribution in [1.82, 2.24) is 9.97 Å². The molecule has 0 bridgehead atoms. The predicted octanol–water partition coefficient (Wildman–Crippen LogP) is 1.66. The number of aryl methyl sites for hydroxylation is 1. The van der Waals surface area contributed by atoms with Gasteiger partial charge >= 0.3 is 5.97 Å². The Balaban J connectivity index is 1.64. The van der Waals surface area contributed by atoms with Crippen LogP contribution in [0.4, 0.5) is 11.6 Å². The van der Waals surface area contributed by atoms with E-state index in [4.69, 9.17) is 4.74 Å². The lowest BCUT2D eigenvalue weighted by Gasteiger charge is -2.36.